The molecule has 0 spiro atoms. The molecule has 0 bridgehead atoms. The van der Waals surface area contributed by atoms with Crippen LogP contribution in [-0.4, -0.2) is 24.3 Å². The minimum atomic E-state index is -0.132. The van der Waals surface area contributed by atoms with Crippen LogP contribution in [0.1, 0.15) is 25.0 Å². The number of nitrogens with one attached hydrogen (secondary N) is 1. The Hall–Kier alpha value is -2.11. The van der Waals surface area contributed by atoms with Gasteiger partial charge in [-0.2, -0.15) is 0 Å². The van der Waals surface area contributed by atoms with E-state index in [1.54, 1.807) is 17.0 Å². The van der Waals surface area contributed by atoms with E-state index in [9.17, 15) is 4.79 Å². The Morgan fingerprint density at radius 2 is 1.81 bits per heavy atom. The number of halogens is 2. The average Bonchev–Trinajstić information content (AvgIpc) is 3.09. The number of ether oxygens (including phenoxy) is 2. The van der Waals surface area contributed by atoms with Gasteiger partial charge in [-0.05, 0) is 41.3 Å². The molecule has 1 heterocycles. The fourth-order valence-corrected chi connectivity index (χ4v) is 3.18. The van der Waals surface area contributed by atoms with E-state index in [0.717, 1.165) is 16.9 Å². The zero-order valence-corrected chi connectivity index (χ0v) is 16.8. The number of hydrogen-bond donors (Lipinski definition) is 1. The minimum Gasteiger partial charge on any atom is -0.454 e. The first kappa shape index (κ1) is 19.6. The molecule has 27 heavy (non-hydrogen) atoms. The SMILES string of the molecule is CC(C)CN(Cc1ccc2c(c1)OCO2)C(=O)NCc1ccc(Cl)c(Cl)c1. The molecular weight excluding hydrogens is 387 g/mol. The predicted molar refractivity (Wildman–Crippen MR) is 107 cm³/mol. The van der Waals surface area contributed by atoms with Crippen LogP contribution in [0.4, 0.5) is 4.79 Å². The summed E-state index contributed by atoms with van der Waals surface area (Å²) in [5.41, 5.74) is 1.88. The maximum absolute atomic E-state index is 12.7. The second kappa shape index (κ2) is 8.72. The van der Waals surface area contributed by atoms with Gasteiger partial charge in [-0.15, -0.1) is 0 Å². The molecular formula is C20H22Cl2N2O3. The fraction of sp³-hybridized carbons (Fsp3) is 0.350. The van der Waals surface area contributed by atoms with Crippen molar-refractivity contribution in [3.05, 3.63) is 57.6 Å². The fourth-order valence-electron chi connectivity index (χ4n) is 2.86. The van der Waals surface area contributed by atoms with Crippen molar-refractivity contribution in [2.45, 2.75) is 26.9 Å². The highest BCUT2D eigenvalue weighted by Crippen LogP contribution is 2.32. The largest absolute Gasteiger partial charge is 0.454 e. The van der Waals surface area contributed by atoms with Gasteiger partial charge in [0.1, 0.15) is 0 Å². The second-order valence-corrected chi connectivity index (χ2v) is 7.68. The molecule has 1 aliphatic heterocycles. The van der Waals surface area contributed by atoms with Crippen molar-refractivity contribution < 1.29 is 14.3 Å². The van der Waals surface area contributed by atoms with E-state index in [1.165, 1.54) is 0 Å². The lowest BCUT2D eigenvalue weighted by molar-refractivity contribution is 0.173. The maximum atomic E-state index is 12.7. The second-order valence-electron chi connectivity index (χ2n) is 6.87. The number of urea groups is 1. The van der Waals surface area contributed by atoms with Crippen molar-refractivity contribution in [3.8, 4) is 11.5 Å². The molecule has 2 aromatic carbocycles. The van der Waals surface area contributed by atoms with Crippen molar-refractivity contribution >= 4 is 29.2 Å². The van der Waals surface area contributed by atoms with Crippen LogP contribution in [-0.2, 0) is 13.1 Å². The molecule has 144 valence electrons. The number of rotatable bonds is 6. The van der Waals surface area contributed by atoms with Gasteiger partial charge in [-0.25, -0.2) is 4.79 Å². The molecule has 0 unspecified atom stereocenters. The summed E-state index contributed by atoms with van der Waals surface area (Å²) in [7, 11) is 0. The lowest BCUT2D eigenvalue weighted by Crippen LogP contribution is -2.41. The van der Waals surface area contributed by atoms with E-state index < -0.39 is 0 Å². The zero-order valence-electron chi connectivity index (χ0n) is 15.3. The summed E-state index contributed by atoms with van der Waals surface area (Å²) in [6, 6.07) is 10.9. The van der Waals surface area contributed by atoms with Gasteiger partial charge in [-0.3, -0.25) is 0 Å². The first-order valence-electron chi connectivity index (χ1n) is 8.77. The van der Waals surface area contributed by atoms with Crippen molar-refractivity contribution in [1.82, 2.24) is 10.2 Å². The highest BCUT2D eigenvalue weighted by Gasteiger charge is 2.18. The Labute approximate surface area is 169 Å². The van der Waals surface area contributed by atoms with Gasteiger partial charge in [0.2, 0.25) is 6.79 Å². The van der Waals surface area contributed by atoms with Crippen LogP contribution in [0.25, 0.3) is 0 Å². The number of amides is 2. The van der Waals surface area contributed by atoms with Gasteiger partial charge < -0.3 is 19.7 Å². The Morgan fingerprint density at radius 3 is 2.56 bits per heavy atom. The molecule has 1 aliphatic rings. The third kappa shape index (κ3) is 5.21. The monoisotopic (exact) mass is 408 g/mol. The molecule has 2 amide bonds. The Bertz CT molecular complexity index is 827. The van der Waals surface area contributed by atoms with E-state index in [2.05, 4.69) is 19.2 Å². The van der Waals surface area contributed by atoms with Crippen LogP contribution in [0, 0.1) is 5.92 Å². The van der Waals surface area contributed by atoms with Crippen LogP contribution in [0.5, 0.6) is 11.5 Å². The number of hydrogen-bond acceptors (Lipinski definition) is 3. The Morgan fingerprint density at radius 1 is 1.07 bits per heavy atom. The third-order valence-electron chi connectivity index (χ3n) is 4.11. The molecule has 0 aliphatic carbocycles. The zero-order chi connectivity index (χ0) is 19.4. The molecule has 0 saturated heterocycles. The van der Waals surface area contributed by atoms with E-state index in [0.29, 0.717) is 41.3 Å². The van der Waals surface area contributed by atoms with Gasteiger partial charge in [-0.1, -0.05) is 49.2 Å². The van der Waals surface area contributed by atoms with Gasteiger partial charge in [0.15, 0.2) is 11.5 Å². The van der Waals surface area contributed by atoms with E-state index >= 15 is 0 Å². The molecule has 0 atom stereocenters. The highest BCUT2D eigenvalue weighted by atomic mass is 35.5. The summed E-state index contributed by atoms with van der Waals surface area (Å²) in [5.74, 6) is 1.79. The lowest BCUT2D eigenvalue weighted by Gasteiger charge is -2.25. The van der Waals surface area contributed by atoms with Gasteiger partial charge in [0.25, 0.3) is 0 Å². The van der Waals surface area contributed by atoms with Crippen molar-refractivity contribution in [3.63, 3.8) is 0 Å². The van der Waals surface area contributed by atoms with Gasteiger partial charge in [0, 0.05) is 19.6 Å². The first-order valence-corrected chi connectivity index (χ1v) is 9.53. The van der Waals surface area contributed by atoms with Crippen molar-refractivity contribution in [2.24, 2.45) is 5.92 Å². The number of fused-ring (bicyclic) bond motifs is 1. The summed E-state index contributed by atoms with van der Waals surface area (Å²) in [4.78, 5) is 14.5. The minimum absolute atomic E-state index is 0.132. The van der Waals surface area contributed by atoms with Gasteiger partial charge in [0.05, 0.1) is 10.0 Å². The van der Waals surface area contributed by atoms with Crippen LogP contribution >= 0.6 is 23.2 Å². The van der Waals surface area contributed by atoms with E-state index in [4.69, 9.17) is 32.7 Å². The third-order valence-corrected chi connectivity index (χ3v) is 4.85. The van der Waals surface area contributed by atoms with Crippen molar-refractivity contribution in [2.75, 3.05) is 13.3 Å². The molecule has 0 saturated carbocycles. The average molecular weight is 409 g/mol. The molecule has 7 heteroatoms. The van der Waals surface area contributed by atoms with E-state index in [-0.39, 0.29) is 12.8 Å². The van der Waals surface area contributed by atoms with Crippen LogP contribution in [0.3, 0.4) is 0 Å². The lowest BCUT2D eigenvalue weighted by atomic mass is 10.1. The quantitative estimate of drug-likeness (QED) is 0.723. The summed E-state index contributed by atoms with van der Waals surface area (Å²) in [5, 5.41) is 3.92. The summed E-state index contributed by atoms with van der Waals surface area (Å²) in [6.45, 7) is 5.91. The molecule has 3 rings (SSSR count). The first-order chi connectivity index (χ1) is 12.9. The van der Waals surface area contributed by atoms with Crippen LogP contribution < -0.4 is 14.8 Å². The topological polar surface area (TPSA) is 50.8 Å². The number of nitrogens with zero attached hydrogens (tertiary/aromatic N) is 1. The molecule has 0 radical (unpaired) electrons. The van der Waals surface area contributed by atoms with Crippen molar-refractivity contribution in [1.29, 1.82) is 0 Å². The molecule has 0 fully saturated rings. The Balaban J connectivity index is 1.66. The highest BCUT2D eigenvalue weighted by molar-refractivity contribution is 6.42. The maximum Gasteiger partial charge on any atom is 0.317 e. The molecule has 1 N–H and O–H groups in total. The standard InChI is InChI=1S/C20H22Cl2N2O3/c1-13(2)10-24(11-15-4-6-18-19(8-15)27-12-26-18)20(25)23-9-14-3-5-16(21)17(22)7-14/h3-8,13H,9-12H2,1-2H3,(H,23,25). The number of carbonyl (C=O) groups excluding carboxylic acids is 1. The summed E-state index contributed by atoms with van der Waals surface area (Å²) in [6.07, 6.45) is 0. The predicted octanol–water partition coefficient (Wildman–Crippen LogP) is 5.09. The number of carbonyl (C=O) groups is 1. The molecule has 0 aromatic heterocycles. The van der Waals surface area contributed by atoms with Gasteiger partial charge >= 0.3 is 6.03 Å². The Kier molecular flexibility index (Phi) is 6.34. The van der Waals surface area contributed by atoms with Crippen LogP contribution in [0.2, 0.25) is 10.0 Å². The van der Waals surface area contributed by atoms with Crippen LogP contribution in [0.15, 0.2) is 36.4 Å². The molecule has 5 nitrogen and oxygen atoms in total. The summed E-state index contributed by atoms with van der Waals surface area (Å²) < 4.78 is 10.8. The summed E-state index contributed by atoms with van der Waals surface area (Å²) >= 11 is 12.0. The normalized spacial score (nSPS) is 12.3. The molecule has 2 aromatic rings. The number of benzene rings is 2. The smallest absolute Gasteiger partial charge is 0.317 e. The van der Waals surface area contributed by atoms with E-state index in [1.807, 2.05) is 24.3 Å².